The van der Waals surface area contributed by atoms with Gasteiger partial charge in [0, 0.05) is 13.1 Å². The van der Waals surface area contributed by atoms with Crippen LogP contribution in [0.2, 0.25) is 0 Å². The standard InChI is InChI=1S/C13H16N2O3/c16-12(15-7-6-11(15)13(17)18)9-14-8-10-4-2-1-3-5-10/h1-5,11,14H,6-9H2,(H,17,18)/t11-/m0/s1. The van der Waals surface area contributed by atoms with Gasteiger partial charge in [-0.1, -0.05) is 30.3 Å². The zero-order chi connectivity index (χ0) is 13.0. The summed E-state index contributed by atoms with van der Waals surface area (Å²) in [6.45, 7) is 1.33. The second kappa shape index (κ2) is 5.64. The van der Waals surface area contributed by atoms with Gasteiger partial charge in [-0.15, -0.1) is 0 Å². The molecular weight excluding hydrogens is 232 g/mol. The van der Waals surface area contributed by atoms with Crippen LogP contribution in [0.3, 0.4) is 0 Å². The van der Waals surface area contributed by atoms with Gasteiger partial charge < -0.3 is 15.3 Å². The maximum Gasteiger partial charge on any atom is 0.326 e. The number of carbonyl (C=O) groups excluding carboxylic acids is 1. The fourth-order valence-electron chi connectivity index (χ4n) is 1.95. The molecule has 1 amide bonds. The molecule has 1 fully saturated rings. The lowest BCUT2D eigenvalue weighted by Gasteiger charge is -2.38. The first-order valence-corrected chi connectivity index (χ1v) is 5.95. The van der Waals surface area contributed by atoms with Crippen molar-refractivity contribution in [1.82, 2.24) is 10.2 Å². The Morgan fingerprint density at radius 1 is 1.33 bits per heavy atom. The van der Waals surface area contributed by atoms with E-state index < -0.39 is 12.0 Å². The number of nitrogens with one attached hydrogen (secondary N) is 1. The zero-order valence-corrected chi connectivity index (χ0v) is 10.0. The Morgan fingerprint density at radius 3 is 2.61 bits per heavy atom. The van der Waals surface area contributed by atoms with Crippen LogP contribution in [0.5, 0.6) is 0 Å². The quantitative estimate of drug-likeness (QED) is 0.794. The number of nitrogens with zero attached hydrogens (tertiary/aromatic N) is 1. The topological polar surface area (TPSA) is 69.6 Å². The minimum atomic E-state index is -0.919. The fraction of sp³-hybridized carbons (Fsp3) is 0.385. The molecule has 5 nitrogen and oxygen atoms in total. The lowest BCUT2D eigenvalue weighted by atomic mass is 10.0. The molecule has 0 aliphatic carbocycles. The summed E-state index contributed by atoms with van der Waals surface area (Å²) < 4.78 is 0. The number of carboxylic acids is 1. The predicted octanol–water partition coefficient (Wildman–Crippen LogP) is 0.462. The van der Waals surface area contributed by atoms with Crippen LogP contribution in [0.4, 0.5) is 0 Å². The van der Waals surface area contributed by atoms with Crippen molar-refractivity contribution in [3.63, 3.8) is 0 Å². The summed E-state index contributed by atoms with van der Waals surface area (Å²) in [6, 6.07) is 9.13. The molecule has 1 saturated heterocycles. The first-order valence-electron chi connectivity index (χ1n) is 5.95. The number of hydrogen-bond donors (Lipinski definition) is 2. The van der Waals surface area contributed by atoms with Gasteiger partial charge in [0.25, 0.3) is 0 Å². The second-order valence-corrected chi connectivity index (χ2v) is 4.32. The lowest BCUT2D eigenvalue weighted by molar-refractivity contribution is -0.156. The molecule has 0 aromatic heterocycles. The van der Waals surface area contributed by atoms with Crippen LogP contribution in [-0.2, 0) is 16.1 Å². The van der Waals surface area contributed by atoms with E-state index in [4.69, 9.17) is 5.11 Å². The molecule has 0 unspecified atom stereocenters. The van der Waals surface area contributed by atoms with Gasteiger partial charge in [0.1, 0.15) is 6.04 Å². The van der Waals surface area contributed by atoms with Gasteiger partial charge in [-0.25, -0.2) is 4.79 Å². The van der Waals surface area contributed by atoms with Crippen LogP contribution in [0.15, 0.2) is 30.3 Å². The average Bonchev–Trinajstić information content (AvgIpc) is 2.28. The van der Waals surface area contributed by atoms with Crippen molar-refractivity contribution in [1.29, 1.82) is 0 Å². The van der Waals surface area contributed by atoms with E-state index >= 15 is 0 Å². The molecule has 1 aliphatic heterocycles. The Morgan fingerprint density at radius 2 is 2.06 bits per heavy atom. The predicted molar refractivity (Wildman–Crippen MR) is 65.9 cm³/mol. The van der Waals surface area contributed by atoms with Crippen molar-refractivity contribution in [3.8, 4) is 0 Å². The summed E-state index contributed by atoms with van der Waals surface area (Å²) in [4.78, 5) is 23.9. The molecular formula is C13H16N2O3. The maximum atomic E-state index is 11.7. The van der Waals surface area contributed by atoms with Gasteiger partial charge in [-0.05, 0) is 12.0 Å². The average molecular weight is 248 g/mol. The molecule has 96 valence electrons. The van der Waals surface area contributed by atoms with Crippen molar-refractivity contribution < 1.29 is 14.7 Å². The van der Waals surface area contributed by atoms with E-state index in [9.17, 15) is 9.59 Å². The van der Waals surface area contributed by atoms with Crippen molar-refractivity contribution in [2.45, 2.75) is 19.0 Å². The van der Waals surface area contributed by atoms with Gasteiger partial charge in [0.05, 0.1) is 6.54 Å². The first kappa shape index (κ1) is 12.6. The molecule has 1 aromatic rings. The van der Waals surface area contributed by atoms with Crippen LogP contribution < -0.4 is 5.32 Å². The highest BCUT2D eigenvalue weighted by atomic mass is 16.4. The van der Waals surface area contributed by atoms with E-state index in [1.807, 2.05) is 30.3 Å². The van der Waals surface area contributed by atoms with E-state index in [1.165, 1.54) is 4.90 Å². The van der Waals surface area contributed by atoms with Crippen molar-refractivity contribution in [2.75, 3.05) is 13.1 Å². The highest BCUT2D eigenvalue weighted by Crippen LogP contribution is 2.17. The summed E-state index contributed by atoms with van der Waals surface area (Å²) in [5, 5.41) is 11.9. The molecule has 1 atom stereocenters. The van der Waals surface area contributed by atoms with E-state index in [1.54, 1.807) is 0 Å². The van der Waals surface area contributed by atoms with E-state index in [0.717, 1.165) is 5.56 Å². The summed E-state index contributed by atoms with van der Waals surface area (Å²) in [5.41, 5.74) is 1.10. The van der Waals surface area contributed by atoms with E-state index in [-0.39, 0.29) is 12.5 Å². The number of carboxylic acid groups (broad SMARTS) is 1. The van der Waals surface area contributed by atoms with Crippen molar-refractivity contribution >= 4 is 11.9 Å². The van der Waals surface area contributed by atoms with Gasteiger partial charge in [-0.3, -0.25) is 4.79 Å². The molecule has 2 rings (SSSR count). The Labute approximate surface area is 105 Å². The molecule has 0 spiro atoms. The highest BCUT2D eigenvalue weighted by molar-refractivity contribution is 5.86. The Hall–Kier alpha value is -1.88. The van der Waals surface area contributed by atoms with Crippen molar-refractivity contribution in [2.24, 2.45) is 0 Å². The van der Waals surface area contributed by atoms with Crippen LogP contribution in [-0.4, -0.2) is 41.0 Å². The Bertz CT molecular complexity index is 433. The van der Waals surface area contributed by atoms with Crippen LogP contribution >= 0.6 is 0 Å². The Kier molecular flexibility index (Phi) is 3.94. The summed E-state index contributed by atoms with van der Waals surface area (Å²) in [7, 11) is 0. The minimum Gasteiger partial charge on any atom is -0.480 e. The number of benzene rings is 1. The Balaban J connectivity index is 1.74. The van der Waals surface area contributed by atoms with Crippen LogP contribution in [0, 0.1) is 0 Å². The van der Waals surface area contributed by atoms with Crippen LogP contribution in [0.25, 0.3) is 0 Å². The first-order chi connectivity index (χ1) is 8.68. The highest BCUT2D eigenvalue weighted by Gasteiger charge is 2.36. The summed E-state index contributed by atoms with van der Waals surface area (Å²) in [5.74, 6) is -1.07. The summed E-state index contributed by atoms with van der Waals surface area (Å²) >= 11 is 0. The summed E-state index contributed by atoms with van der Waals surface area (Å²) in [6.07, 6.45) is 0.555. The third kappa shape index (κ3) is 2.87. The molecule has 5 heteroatoms. The molecule has 0 bridgehead atoms. The number of carbonyl (C=O) groups is 2. The number of likely N-dealkylation sites (tertiary alicyclic amines) is 1. The van der Waals surface area contributed by atoms with E-state index in [0.29, 0.717) is 19.5 Å². The molecule has 2 N–H and O–H groups in total. The largest absolute Gasteiger partial charge is 0.480 e. The molecule has 1 aromatic carbocycles. The lowest BCUT2D eigenvalue weighted by Crippen LogP contribution is -2.57. The normalized spacial score (nSPS) is 18.2. The molecule has 0 saturated carbocycles. The molecule has 0 radical (unpaired) electrons. The number of amides is 1. The monoisotopic (exact) mass is 248 g/mol. The molecule has 1 aliphatic rings. The molecule has 1 heterocycles. The third-order valence-electron chi connectivity index (χ3n) is 3.07. The molecule has 18 heavy (non-hydrogen) atoms. The second-order valence-electron chi connectivity index (χ2n) is 4.32. The fourth-order valence-corrected chi connectivity index (χ4v) is 1.95. The van der Waals surface area contributed by atoms with Gasteiger partial charge in [0.15, 0.2) is 0 Å². The van der Waals surface area contributed by atoms with Gasteiger partial charge >= 0.3 is 5.97 Å². The third-order valence-corrected chi connectivity index (χ3v) is 3.07. The zero-order valence-electron chi connectivity index (χ0n) is 10.0. The van der Waals surface area contributed by atoms with Crippen LogP contribution in [0.1, 0.15) is 12.0 Å². The SMILES string of the molecule is O=C(O)[C@@H]1CCN1C(=O)CNCc1ccccc1. The smallest absolute Gasteiger partial charge is 0.326 e. The number of aliphatic carboxylic acids is 1. The van der Waals surface area contributed by atoms with Crippen molar-refractivity contribution in [3.05, 3.63) is 35.9 Å². The maximum absolute atomic E-state index is 11.7. The van der Waals surface area contributed by atoms with E-state index in [2.05, 4.69) is 5.32 Å². The van der Waals surface area contributed by atoms with Gasteiger partial charge in [0.2, 0.25) is 5.91 Å². The minimum absolute atomic E-state index is 0.149. The van der Waals surface area contributed by atoms with Gasteiger partial charge in [-0.2, -0.15) is 0 Å². The number of rotatable bonds is 5. The number of hydrogen-bond acceptors (Lipinski definition) is 3.